The van der Waals surface area contributed by atoms with Crippen LogP contribution in [0.15, 0.2) is 47.8 Å². The van der Waals surface area contributed by atoms with Crippen molar-refractivity contribution in [2.75, 3.05) is 18.0 Å². The van der Waals surface area contributed by atoms with Crippen molar-refractivity contribution >= 4 is 22.4 Å². The lowest BCUT2D eigenvalue weighted by atomic mass is 9.96. The van der Waals surface area contributed by atoms with Crippen molar-refractivity contribution < 1.29 is 4.39 Å². The molecule has 9 heteroatoms. The summed E-state index contributed by atoms with van der Waals surface area (Å²) >= 11 is 0. The summed E-state index contributed by atoms with van der Waals surface area (Å²) in [6.07, 6.45) is 5.03. The van der Waals surface area contributed by atoms with E-state index < -0.39 is 0 Å². The Bertz CT molecular complexity index is 1210. The van der Waals surface area contributed by atoms with Crippen LogP contribution in [0.2, 0.25) is 0 Å². The van der Waals surface area contributed by atoms with Crippen molar-refractivity contribution in [1.82, 2.24) is 29.4 Å². The fourth-order valence-corrected chi connectivity index (χ4v) is 3.77. The molecule has 1 aromatic carbocycles. The molecule has 0 radical (unpaired) electrons. The minimum absolute atomic E-state index is 0.118. The Kier molecular flexibility index (Phi) is 4.00. The van der Waals surface area contributed by atoms with Crippen LogP contribution in [0, 0.1) is 11.7 Å². The third-order valence-corrected chi connectivity index (χ3v) is 5.33. The molecule has 0 saturated carbocycles. The van der Waals surface area contributed by atoms with Gasteiger partial charge in [0, 0.05) is 25.7 Å². The van der Waals surface area contributed by atoms with Gasteiger partial charge >= 0.3 is 0 Å². The Morgan fingerprint density at radius 3 is 2.82 bits per heavy atom. The molecular weight excluding hydrogens is 361 g/mol. The van der Waals surface area contributed by atoms with Crippen LogP contribution in [0.5, 0.6) is 0 Å². The fourth-order valence-electron chi connectivity index (χ4n) is 3.77. The smallest absolute Gasteiger partial charge is 0.261 e. The van der Waals surface area contributed by atoms with E-state index in [1.54, 1.807) is 15.4 Å². The van der Waals surface area contributed by atoms with E-state index in [0.29, 0.717) is 23.4 Å². The summed E-state index contributed by atoms with van der Waals surface area (Å²) in [5, 5.41) is 12.8. The summed E-state index contributed by atoms with van der Waals surface area (Å²) in [4.78, 5) is 19.1. The Labute approximate surface area is 159 Å². The molecule has 142 valence electrons. The average Bonchev–Trinajstić information content (AvgIpc) is 3.18. The number of nitrogens with zero attached hydrogens (tertiary/aromatic N) is 7. The summed E-state index contributed by atoms with van der Waals surface area (Å²) in [7, 11) is 0. The van der Waals surface area contributed by atoms with Crippen LogP contribution in [0.3, 0.4) is 0 Å². The SMILES string of the molecule is O=c1c2ccc(F)cc2ncn1CC1CCN(c2ccc3nncn3n2)CC1. The van der Waals surface area contributed by atoms with Gasteiger partial charge in [0.2, 0.25) is 0 Å². The number of anilines is 1. The maximum atomic E-state index is 13.3. The van der Waals surface area contributed by atoms with Gasteiger partial charge in [-0.25, -0.2) is 9.37 Å². The monoisotopic (exact) mass is 379 g/mol. The molecule has 3 aromatic heterocycles. The van der Waals surface area contributed by atoms with E-state index in [0.717, 1.165) is 37.4 Å². The highest BCUT2D eigenvalue weighted by Gasteiger charge is 2.21. The van der Waals surface area contributed by atoms with Gasteiger partial charge in [0.25, 0.3) is 5.56 Å². The van der Waals surface area contributed by atoms with Gasteiger partial charge in [-0.3, -0.25) is 9.36 Å². The molecule has 0 aliphatic carbocycles. The predicted molar refractivity (Wildman–Crippen MR) is 102 cm³/mol. The molecule has 28 heavy (non-hydrogen) atoms. The Morgan fingerprint density at radius 1 is 1.11 bits per heavy atom. The molecule has 0 spiro atoms. The van der Waals surface area contributed by atoms with Gasteiger partial charge in [-0.1, -0.05) is 0 Å². The number of benzene rings is 1. The lowest BCUT2D eigenvalue weighted by Gasteiger charge is -2.32. The molecule has 5 rings (SSSR count). The fraction of sp³-hybridized carbons (Fsp3) is 0.316. The number of aromatic nitrogens is 6. The maximum absolute atomic E-state index is 13.3. The average molecular weight is 379 g/mol. The first kappa shape index (κ1) is 16.8. The summed E-state index contributed by atoms with van der Waals surface area (Å²) < 4.78 is 16.6. The molecule has 0 unspecified atom stereocenters. The molecule has 8 nitrogen and oxygen atoms in total. The Hall–Kier alpha value is -3.36. The molecule has 1 fully saturated rings. The highest BCUT2D eigenvalue weighted by molar-refractivity contribution is 5.77. The number of fused-ring (bicyclic) bond motifs is 2. The van der Waals surface area contributed by atoms with Gasteiger partial charge in [0.05, 0.1) is 17.2 Å². The zero-order valence-electron chi connectivity index (χ0n) is 15.1. The zero-order valence-corrected chi connectivity index (χ0v) is 15.1. The Balaban J connectivity index is 1.29. The third kappa shape index (κ3) is 2.98. The standard InChI is InChI=1S/C19H18FN7O/c20-14-1-2-15-16(9-14)21-11-26(19(15)28)10-13-5-7-25(8-6-13)18-4-3-17-23-22-12-27(17)24-18/h1-4,9,11-13H,5-8,10H2. The van der Waals surface area contributed by atoms with E-state index in [1.165, 1.54) is 24.5 Å². The van der Waals surface area contributed by atoms with Crippen LogP contribution in [-0.4, -0.2) is 42.5 Å². The number of rotatable bonds is 3. The van der Waals surface area contributed by atoms with Gasteiger partial charge < -0.3 is 4.90 Å². The predicted octanol–water partition coefficient (Wildman–Crippen LogP) is 1.89. The maximum Gasteiger partial charge on any atom is 0.261 e. The van der Waals surface area contributed by atoms with Crippen LogP contribution in [0.4, 0.5) is 10.2 Å². The number of piperidine rings is 1. The first-order valence-corrected chi connectivity index (χ1v) is 9.24. The van der Waals surface area contributed by atoms with Crippen molar-refractivity contribution in [3.63, 3.8) is 0 Å². The van der Waals surface area contributed by atoms with Gasteiger partial charge in [-0.15, -0.1) is 15.3 Å². The van der Waals surface area contributed by atoms with E-state index in [1.807, 2.05) is 12.1 Å². The van der Waals surface area contributed by atoms with E-state index in [-0.39, 0.29) is 11.4 Å². The molecule has 4 heterocycles. The molecule has 1 aliphatic heterocycles. The van der Waals surface area contributed by atoms with Gasteiger partial charge in [-0.05, 0) is 43.0 Å². The molecule has 0 bridgehead atoms. The molecule has 1 saturated heterocycles. The lowest BCUT2D eigenvalue weighted by Crippen LogP contribution is -2.37. The second-order valence-corrected chi connectivity index (χ2v) is 7.12. The summed E-state index contributed by atoms with van der Waals surface area (Å²) in [6.45, 7) is 2.35. The summed E-state index contributed by atoms with van der Waals surface area (Å²) in [6, 6.07) is 7.96. The second kappa shape index (κ2) is 6.66. The molecule has 4 aromatic rings. The van der Waals surface area contributed by atoms with Crippen LogP contribution in [-0.2, 0) is 6.54 Å². The summed E-state index contributed by atoms with van der Waals surface area (Å²) in [5.74, 6) is 0.896. The minimum atomic E-state index is -0.386. The van der Waals surface area contributed by atoms with Gasteiger partial charge in [0.1, 0.15) is 18.0 Å². The quantitative estimate of drug-likeness (QED) is 0.541. The number of halogens is 1. The van der Waals surface area contributed by atoms with Crippen molar-refractivity contribution in [3.8, 4) is 0 Å². The highest BCUT2D eigenvalue weighted by atomic mass is 19.1. The molecule has 0 N–H and O–H groups in total. The second-order valence-electron chi connectivity index (χ2n) is 7.12. The van der Waals surface area contributed by atoms with Gasteiger partial charge in [0.15, 0.2) is 5.65 Å². The van der Waals surface area contributed by atoms with Crippen LogP contribution in [0.1, 0.15) is 12.8 Å². The van der Waals surface area contributed by atoms with Crippen molar-refractivity contribution in [2.45, 2.75) is 19.4 Å². The number of hydrogen-bond acceptors (Lipinski definition) is 6. The van der Waals surface area contributed by atoms with Crippen LogP contribution in [0.25, 0.3) is 16.6 Å². The first-order chi connectivity index (χ1) is 13.7. The van der Waals surface area contributed by atoms with Crippen molar-refractivity contribution in [2.24, 2.45) is 5.92 Å². The minimum Gasteiger partial charge on any atom is -0.355 e. The van der Waals surface area contributed by atoms with Crippen molar-refractivity contribution in [3.05, 3.63) is 59.2 Å². The lowest BCUT2D eigenvalue weighted by molar-refractivity contribution is 0.350. The summed E-state index contributed by atoms with van der Waals surface area (Å²) in [5.41, 5.74) is 1.00. The van der Waals surface area contributed by atoms with E-state index in [2.05, 4.69) is 25.2 Å². The van der Waals surface area contributed by atoms with E-state index >= 15 is 0 Å². The normalized spacial score (nSPS) is 15.5. The topological polar surface area (TPSA) is 81.2 Å². The largest absolute Gasteiger partial charge is 0.355 e. The molecule has 1 aliphatic rings. The van der Waals surface area contributed by atoms with Crippen LogP contribution < -0.4 is 10.5 Å². The van der Waals surface area contributed by atoms with Crippen molar-refractivity contribution in [1.29, 1.82) is 0 Å². The Morgan fingerprint density at radius 2 is 1.96 bits per heavy atom. The highest BCUT2D eigenvalue weighted by Crippen LogP contribution is 2.23. The van der Waals surface area contributed by atoms with Gasteiger partial charge in [-0.2, -0.15) is 4.52 Å². The zero-order chi connectivity index (χ0) is 19.1. The number of hydrogen-bond donors (Lipinski definition) is 0. The molecule has 0 atom stereocenters. The van der Waals surface area contributed by atoms with E-state index in [4.69, 9.17) is 0 Å². The molecular formula is C19H18FN7O. The third-order valence-electron chi connectivity index (χ3n) is 5.33. The van der Waals surface area contributed by atoms with Crippen LogP contribution >= 0.6 is 0 Å². The first-order valence-electron chi connectivity index (χ1n) is 9.24. The molecule has 0 amide bonds. The van der Waals surface area contributed by atoms with E-state index in [9.17, 15) is 9.18 Å².